The van der Waals surface area contributed by atoms with Gasteiger partial charge in [-0.25, -0.2) is 4.39 Å². The van der Waals surface area contributed by atoms with Crippen molar-refractivity contribution in [3.63, 3.8) is 0 Å². The fourth-order valence-corrected chi connectivity index (χ4v) is 2.45. The van der Waals surface area contributed by atoms with Crippen molar-refractivity contribution in [3.8, 4) is 0 Å². The second-order valence-corrected chi connectivity index (χ2v) is 4.66. The van der Waals surface area contributed by atoms with Gasteiger partial charge in [0.05, 0.1) is 11.4 Å². The summed E-state index contributed by atoms with van der Waals surface area (Å²) in [5.74, 6) is -0.388. The van der Waals surface area contributed by atoms with Crippen LogP contribution in [0.2, 0.25) is 0 Å². The molecule has 3 rings (SSSR count). The number of nitrogen functional groups attached to an aromatic ring is 1. The van der Waals surface area contributed by atoms with E-state index >= 15 is 0 Å². The maximum Gasteiger partial charge on any atom is 0.148 e. The lowest BCUT2D eigenvalue weighted by atomic mass is 10.1. The van der Waals surface area contributed by atoms with Gasteiger partial charge in [0.25, 0.3) is 0 Å². The Morgan fingerprint density at radius 1 is 1.06 bits per heavy atom. The summed E-state index contributed by atoms with van der Waals surface area (Å²) in [5.41, 5.74) is 10.3. The van der Waals surface area contributed by atoms with E-state index in [-0.39, 0.29) is 11.5 Å². The normalized spacial score (nSPS) is 13.4. The van der Waals surface area contributed by atoms with Gasteiger partial charge in [0.2, 0.25) is 0 Å². The SMILES string of the molecule is Nc1c(F)cccc1Nc1ccc2c(c1)CCC2. The first-order chi connectivity index (χ1) is 8.74. The second kappa shape index (κ2) is 4.33. The highest BCUT2D eigenvalue weighted by Gasteiger charge is 2.11. The van der Waals surface area contributed by atoms with Gasteiger partial charge >= 0.3 is 0 Å². The van der Waals surface area contributed by atoms with Gasteiger partial charge in [0, 0.05) is 5.69 Å². The molecule has 0 heterocycles. The van der Waals surface area contributed by atoms with Gasteiger partial charge in [-0.3, -0.25) is 0 Å². The topological polar surface area (TPSA) is 38.0 Å². The van der Waals surface area contributed by atoms with Crippen LogP contribution in [-0.2, 0) is 12.8 Å². The van der Waals surface area contributed by atoms with Crippen molar-refractivity contribution in [1.29, 1.82) is 0 Å². The summed E-state index contributed by atoms with van der Waals surface area (Å²) in [4.78, 5) is 0. The first-order valence-electron chi connectivity index (χ1n) is 6.17. The van der Waals surface area contributed by atoms with Crippen LogP contribution >= 0.6 is 0 Å². The maximum atomic E-state index is 13.3. The Morgan fingerprint density at radius 3 is 2.78 bits per heavy atom. The van der Waals surface area contributed by atoms with Crippen LogP contribution in [-0.4, -0.2) is 0 Å². The smallest absolute Gasteiger partial charge is 0.148 e. The predicted octanol–water partition coefficient (Wildman–Crippen LogP) is 3.64. The Morgan fingerprint density at radius 2 is 1.89 bits per heavy atom. The zero-order valence-corrected chi connectivity index (χ0v) is 10.0. The molecule has 0 saturated carbocycles. The van der Waals surface area contributed by atoms with E-state index in [0.29, 0.717) is 5.69 Å². The summed E-state index contributed by atoms with van der Waals surface area (Å²) in [6, 6.07) is 11.1. The molecular weight excluding hydrogens is 227 g/mol. The molecule has 0 saturated heterocycles. The Labute approximate surface area is 106 Å². The molecule has 0 bridgehead atoms. The van der Waals surface area contributed by atoms with Crippen LogP contribution < -0.4 is 11.1 Å². The molecule has 1 aliphatic carbocycles. The van der Waals surface area contributed by atoms with Crippen LogP contribution in [0.5, 0.6) is 0 Å². The van der Waals surface area contributed by atoms with Crippen molar-refractivity contribution >= 4 is 17.1 Å². The van der Waals surface area contributed by atoms with E-state index < -0.39 is 0 Å². The minimum Gasteiger partial charge on any atom is -0.395 e. The van der Waals surface area contributed by atoms with Crippen molar-refractivity contribution in [1.82, 2.24) is 0 Å². The van der Waals surface area contributed by atoms with E-state index in [0.717, 1.165) is 18.5 Å². The largest absolute Gasteiger partial charge is 0.395 e. The summed E-state index contributed by atoms with van der Waals surface area (Å²) in [5, 5.41) is 3.18. The summed E-state index contributed by atoms with van der Waals surface area (Å²) in [7, 11) is 0. The average Bonchev–Trinajstić information content (AvgIpc) is 2.82. The molecule has 3 heteroatoms. The number of hydrogen-bond donors (Lipinski definition) is 2. The molecule has 18 heavy (non-hydrogen) atoms. The molecule has 3 N–H and O–H groups in total. The van der Waals surface area contributed by atoms with Crippen molar-refractivity contribution in [3.05, 3.63) is 53.3 Å². The lowest BCUT2D eigenvalue weighted by Crippen LogP contribution is -1.99. The van der Waals surface area contributed by atoms with Crippen LogP contribution in [0.15, 0.2) is 36.4 Å². The number of nitrogens with two attached hydrogens (primary N) is 1. The summed E-state index contributed by atoms with van der Waals surface area (Å²) < 4.78 is 13.3. The van der Waals surface area contributed by atoms with E-state index in [1.165, 1.54) is 23.6 Å². The lowest BCUT2D eigenvalue weighted by molar-refractivity contribution is 0.633. The van der Waals surface area contributed by atoms with E-state index in [2.05, 4.69) is 17.4 Å². The Balaban J connectivity index is 1.90. The number of aryl methyl sites for hydroxylation is 2. The number of halogens is 1. The monoisotopic (exact) mass is 242 g/mol. The van der Waals surface area contributed by atoms with E-state index in [1.807, 2.05) is 6.07 Å². The number of rotatable bonds is 2. The molecule has 0 atom stereocenters. The van der Waals surface area contributed by atoms with E-state index in [1.54, 1.807) is 12.1 Å². The van der Waals surface area contributed by atoms with Gasteiger partial charge in [-0.15, -0.1) is 0 Å². The number of para-hydroxylation sites is 1. The van der Waals surface area contributed by atoms with Crippen molar-refractivity contribution in [2.45, 2.75) is 19.3 Å². The molecule has 92 valence electrons. The van der Waals surface area contributed by atoms with Crippen LogP contribution in [0.4, 0.5) is 21.5 Å². The zero-order chi connectivity index (χ0) is 12.5. The molecule has 0 aliphatic heterocycles. The third-order valence-corrected chi connectivity index (χ3v) is 3.43. The van der Waals surface area contributed by atoms with E-state index in [4.69, 9.17) is 5.73 Å². The summed E-state index contributed by atoms with van der Waals surface area (Å²) in [6.45, 7) is 0. The highest BCUT2D eigenvalue weighted by molar-refractivity contribution is 5.73. The number of hydrogen-bond acceptors (Lipinski definition) is 2. The van der Waals surface area contributed by atoms with Crippen molar-refractivity contribution in [2.75, 3.05) is 11.1 Å². The highest BCUT2D eigenvalue weighted by atomic mass is 19.1. The highest BCUT2D eigenvalue weighted by Crippen LogP contribution is 2.29. The molecular formula is C15H15FN2. The molecule has 0 amide bonds. The first kappa shape index (κ1) is 11.1. The van der Waals surface area contributed by atoms with Gasteiger partial charge in [-0.1, -0.05) is 12.1 Å². The van der Waals surface area contributed by atoms with Crippen LogP contribution in [0.25, 0.3) is 0 Å². The molecule has 2 aromatic carbocycles. The van der Waals surface area contributed by atoms with Gasteiger partial charge in [-0.2, -0.15) is 0 Å². The van der Waals surface area contributed by atoms with Crippen molar-refractivity contribution < 1.29 is 4.39 Å². The summed E-state index contributed by atoms with van der Waals surface area (Å²) in [6.07, 6.45) is 3.52. The van der Waals surface area contributed by atoms with Crippen LogP contribution in [0, 0.1) is 5.82 Å². The number of benzene rings is 2. The Hall–Kier alpha value is -2.03. The molecule has 0 radical (unpaired) electrons. The first-order valence-corrected chi connectivity index (χ1v) is 6.17. The number of anilines is 3. The summed E-state index contributed by atoms with van der Waals surface area (Å²) >= 11 is 0. The molecule has 2 nitrogen and oxygen atoms in total. The Kier molecular flexibility index (Phi) is 2.67. The van der Waals surface area contributed by atoms with E-state index in [9.17, 15) is 4.39 Å². The molecule has 2 aromatic rings. The Bertz CT molecular complexity index is 593. The fraction of sp³-hybridized carbons (Fsp3) is 0.200. The standard InChI is InChI=1S/C15H15FN2/c16-13-5-2-6-14(15(13)17)18-12-8-7-10-3-1-4-11(10)9-12/h2,5-9,18H,1,3-4,17H2. The minimum absolute atomic E-state index is 0.165. The predicted molar refractivity (Wildman–Crippen MR) is 72.6 cm³/mol. The molecule has 0 unspecified atom stereocenters. The lowest BCUT2D eigenvalue weighted by Gasteiger charge is -2.11. The third kappa shape index (κ3) is 1.92. The minimum atomic E-state index is -0.388. The number of nitrogens with one attached hydrogen (secondary N) is 1. The molecule has 0 aromatic heterocycles. The van der Waals surface area contributed by atoms with Crippen LogP contribution in [0.1, 0.15) is 17.5 Å². The molecule has 0 fully saturated rings. The van der Waals surface area contributed by atoms with Gasteiger partial charge < -0.3 is 11.1 Å². The number of fused-ring (bicyclic) bond motifs is 1. The fourth-order valence-electron chi connectivity index (χ4n) is 2.45. The van der Waals surface area contributed by atoms with Gasteiger partial charge in [0.1, 0.15) is 5.82 Å². The molecule has 1 aliphatic rings. The van der Waals surface area contributed by atoms with Crippen molar-refractivity contribution in [2.24, 2.45) is 0 Å². The zero-order valence-electron chi connectivity index (χ0n) is 10.0. The average molecular weight is 242 g/mol. The van der Waals surface area contributed by atoms with Gasteiger partial charge in [-0.05, 0) is 54.7 Å². The second-order valence-electron chi connectivity index (χ2n) is 4.66. The molecule has 0 spiro atoms. The van der Waals surface area contributed by atoms with Gasteiger partial charge in [0.15, 0.2) is 0 Å². The maximum absolute atomic E-state index is 13.3. The third-order valence-electron chi connectivity index (χ3n) is 3.43. The van der Waals surface area contributed by atoms with Crippen LogP contribution in [0.3, 0.4) is 0 Å². The quantitative estimate of drug-likeness (QED) is 0.789.